The zero-order valence-corrected chi connectivity index (χ0v) is 15.2. The number of nitrogens with zero attached hydrogens (tertiary/aromatic N) is 2. The SMILES string of the molecule is S=C1NC(=NC2CCCCC2)C2(CCCCC2)N1c1ccccc1. The van der Waals surface area contributed by atoms with Gasteiger partial charge >= 0.3 is 0 Å². The Hall–Kier alpha value is -1.42. The van der Waals surface area contributed by atoms with Crippen molar-refractivity contribution in [2.45, 2.75) is 75.8 Å². The minimum Gasteiger partial charge on any atom is -0.319 e. The van der Waals surface area contributed by atoms with Crippen LogP contribution in [-0.2, 0) is 0 Å². The van der Waals surface area contributed by atoms with E-state index in [4.69, 9.17) is 17.2 Å². The van der Waals surface area contributed by atoms with Crippen LogP contribution in [0.5, 0.6) is 0 Å². The van der Waals surface area contributed by atoms with E-state index in [1.54, 1.807) is 0 Å². The van der Waals surface area contributed by atoms with Crippen LogP contribution < -0.4 is 10.2 Å². The first-order chi connectivity index (χ1) is 11.8. The quantitative estimate of drug-likeness (QED) is 0.782. The fourth-order valence-corrected chi connectivity index (χ4v) is 5.03. The number of amidine groups is 1. The van der Waals surface area contributed by atoms with Crippen molar-refractivity contribution >= 4 is 28.9 Å². The Balaban J connectivity index is 1.71. The average molecular weight is 342 g/mol. The summed E-state index contributed by atoms with van der Waals surface area (Å²) in [7, 11) is 0. The van der Waals surface area contributed by atoms with Crippen LogP contribution in [0.3, 0.4) is 0 Å². The fourth-order valence-electron chi connectivity index (χ4n) is 4.66. The molecule has 1 N–H and O–H groups in total. The lowest BCUT2D eigenvalue weighted by atomic mass is 9.79. The monoisotopic (exact) mass is 341 g/mol. The molecule has 0 amide bonds. The molecule has 4 heteroatoms. The molecular weight excluding hydrogens is 314 g/mol. The molecule has 3 aliphatic rings. The number of nitrogens with one attached hydrogen (secondary N) is 1. The summed E-state index contributed by atoms with van der Waals surface area (Å²) in [6.45, 7) is 0. The molecular formula is C20H27N3S. The highest BCUT2D eigenvalue weighted by Crippen LogP contribution is 2.41. The van der Waals surface area contributed by atoms with Crippen molar-refractivity contribution in [3.8, 4) is 0 Å². The van der Waals surface area contributed by atoms with Gasteiger partial charge in [0.25, 0.3) is 0 Å². The van der Waals surface area contributed by atoms with Crippen LogP contribution in [0.15, 0.2) is 35.3 Å². The molecule has 1 spiro atoms. The minimum atomic E-state index is -0.0336. The summed E-state index contributed by atoms with van der Waals surface area (Å²) in [5, 5.41) is 4.35. The molecule has 1 heterocycles. The van der Waals surface area contributed by atoms with E-state index >= 15 is 0 Å². The standard InChI is InChI=1S/C20H27N3S/c24-19-22-18(21-16-10-4-1-5-11-16)20(14-8-3-9-15-20)23(19)17-12-6-2-7-13-17/h2,6-7,12-13,16H,1,3-5,8-11,14-15H2,(H,21,22,24). The molecule has 4 rings (SSSR count). The van der Waals surface area contributed by atoms with Crippen LogP contribution in [-0.4, -0.2) is 22.5 Å². The summed E-state index contributed by atoms with van der Waals surface area (Å²) in [6.07, 6.45) is 12.6. The van der Waals surface area contributed by atoms with Crippen LogP contribution >= 0.6 is 12.2 Å². The lowest BCUT2D eigenvalue weighted by Crippen LogP contribution is -2.51. The second kappa shape index (κ2) is 6.83. The molecule has 0 aromatic heterocycles. The average Bonchev–Trinajstić information content (AvgIpc) is 2.88. The molecule has 0 bridgehead atoms. The van der Waals surface area contributed by atoms with E-state index in [2.05, 4.69) is 40.5 Å². The summed E-state index contributed by atoms with van der Waals surface area (Å²) in [5.41, 5.74) is 1.17. The smallest absolute Gasteiger partial charge is 0.179 e. The topological polar surface area (TPSA) is 27.6 Å². The van der Waals surface area contributed by atoms with Crippen LogP contribution in [0.4, 0.5) is 5.69 Å². The summed E-state index contributed by atoms with van der Waals surface area (Å²) in [6, 6.07) is 11.1. The van der Waals surface area contributed by atoms with Crippen molar-refractivity contribution in [1.82, 2.24) is 5.32 Å². The van der Waals surface area contributed by atoms with Gasteiger partial charge in [-0.1, -0.05) is 56.7 Å². The molecule has 0 unspecified atom stereocenters. The Kier molecular flexibility index (Phi) is 4.57. The van der Waals surface area contributed by atoms with E-state index in [0.717, 1.165) is 23.8 Å². The van der Waals surface area contributed by atoms with Gasteiger partial charge in [0, 0.05) is 5.69 Å². The van der Waals surface area contributed by atoms with E-state index < -0.39 is 0 Å². The second-order valence-electron chi connectivity index (χ2n) is 7.46. The third-order valence-electron chi connectivity index (χ3n) is 5.88. The Morgan fingerprint density at radius 3 is 2.33 bits per heavy atom. The first kappa shape index (κ1) is 16.1. The van der Waals surface area contributed by atoms with Crippen molar-refractivity contribution in [1.29, 1.82) is 0 Å². The van der Waals surface area contributed by atoms with Crippen molar-refractivity contribution < 1.29 is 0 Å². The van der Waals surface area contributed by atoms with Gasteiger partial charge < -0.3 is 10.2 Å². The predicted octanol–water partition coefficient (Wildman–Crippen LogP) is 4.82. The molecule has 128 valence electrons. The van der Waals surface area contributed by atoms with Crippen molar-refractivity contribution in [2.24, 2.45) is 4.99 Å². The number of para-hydroxylation sites is 1. The van der Waals surface area contributed by atoms with Gasteiger partial charge in [0.1, 0.15) is 11.4 Å². The fraction of sp³-hybridized carbons (Fsp3) is 0.600. The maximum absolute atomic E-state index is 5.75. The zero-order valence-electron chi connectivity index (χ0n) is 14.3. The lowest BCUT2D eigenvalue weighted by molar-refractivity contribution is 0.380. The third kappa shape index (κ3) is 2.85. The molecule has 1 aliphatic heterocycles. The summed E-state index contributed by atoms with van der Waals surface area (Å²) >= 11 is 5.75. The third-order valence-corrected chi connectivity index (χ3v) is 6.16. The molecule has 24 heavy (non-hydrogen) atoms. The number of benzene rings is 1. The molecule has 1 aromatic carbocycles. The van der Waals surface area contributed by atoms with E-state index in [-0.39, 0.29) is 5.54 Å². The maximum atomic E-state index is 5.75. The van der Waals surface area contributed by atoms with Gasteiger partial charge in [-0.2, -0.15) is 0 Å². The highest BCUT2D eigenvalue weighted by atomic mass is 32.1. The molecule has 2 saturated carbocycles. The molecule has 0 radical (unpaired) electrons. The van der Waals surface area contributed by atoms with Gasteiger partial charge in [-0.3, -0.25) is 4.99 Å². The van der Waals surface area contributed by atoms with Crippen LogP contribution in [0.1, 0.15) is 64.2 Å². The van der Waals surface area contributed by atoms with Crippen LogP contribution in [0.25, 0.3) is 0 Å². The van der Waals surface area contributed by atoms with Gasteiger partial charge in [-0.15, -0.1) is 0 Å². The number of hydrogen-bond acceptors (Lipinski definition) is 2. The number of aliphatic imine (C=N–C) groups is 1. The number of anilines is 1. The normalized spacial score (nSPS) is 26.1. The van der Waals surface area contributed by atoms with Crippen LogP contribution in [0.2, 0.25) is 0 Å². The summed E-state index contributed by atoms with van der Waals surface area (Å²) in [5.74, 6) is 1.16. The van der Waals surface area contributed by atoms with Crippen molar-refractivity contribution in [3.63, 3.8) is 0 Å². The van der Waals surface area contributed by atoms with Crippen LogP contribution in [0, 0.1) is 0 Å². The molecule has 1 aromatic rings. The van der Waals surface area contributed by atoms with E-state index in [0.29, 0.717) is 6.04 Å². The molecule has 1 saturated heterocycles. The number of hydrogen-bond donors (Lipinski definition) is 1. The summed E-state index contributed by atoms with van der Waals surface area (Å²) < 4.78 is 0. The molecule has 3 nitrogen and oxygen atoms in total. The van der Waals surface area contributed by atoms with Crippen molar-refractivity contribution in [3.05, 3.63) is 30.3 Å². The maximum Gasteiger partial charge on any atom is 0.179 e. The van der Waals surface area contributed by atoms with Crippen molar-refractivity contribution in [2.75, 3.05) is 4.90 Å². The summed E-state index contributed by atoms with van der Waals surface area (Å²) in [4.78, 5) is 7.58. The number of thiocarbonyl (C=S) groups is 1. The van der Waals surface area contributed by atoms with E-state index in [1.165, 1.54) is 57.1 Å². The predicted molar refractivity (Wildman–Crippen MR) is 105 cm³/mol. The Labute approximate surface area is 150 Å². The second-order valence-corrected chi connectivity index (χ2v) is 7.85. The van der Waals surface area contributed by atoms with Gasteiger partial charge in [-0.25, -0.2) is 0 Å². The first-order valence-electron chi connectivity index (χ1n) is 9.54. The Morgan fingerprint density at radius 2 is 1.62 bits per heavy atom. The van der Waals surface area contributed by atoms with E-state index in [1.807, 2.05) is 0 Å². The van der Waals surface area contributed by atoms with Gasteiger partial charge in [0.15, 0.2) is 5.11 Å². The number of rotatable bonds is 2. The molecule has 3 fully saturated rings. The van der Waals surface area contributed by atoms with Gasteiger partial charge in [-0.05, 0) is 50.0 Å². The lowest BCUT2D eigenvalue weighted by Gasteiger charge is -2.41. The highest BCUT2D eigenvalue weighted by Gasteiger charge is 2.50. The Bertz CT molecular complexity index is 613. The zero-order chi connectivity index (χ0) is 16.4. The highest BCUT2D eigenvalue weighted by molar-refractivity contribution is 7.80. The minimum absolute atomic E-state index is 0.0336. The van der Waals surface area contributed by atoms with Gasteiger partial charge in [0.05, 0.1) is 6.04 Å². The van der Waals surface area contributed by atoms with E-state index in [9.17, 15) is 0 Å². The Morgan fingerprint density at radius 1 is 0.958 bits per heavy atom. The largest absolute Gasteiger partial charge is 0.319 e. The molecule has 0 atom stereocenters. The molecule has 2 aliphatic carbocycles. The van der Waals surface area contributed by atoms with Gasteiger partial charge in [0.2, 0.25) is 0 Å². The first-order valence-corrected chi connectivity index (χ1v) is 9.95.